The molecular weight excluding hydrogens is 358 g/mol. The summed E-state index contributed by atoms with van der Waals surface area (Å²) in [5.74, 6) is -0.322. The fourth-order valence-corrected chi connectivity index (χ4v) is 3.74. The van der Waals surface area contributed by atoms with Gasteiger partial charge in [0.15, 0.2) is 6.61 Å². The predicted octanol–water partition coefficient (Wildman–Crippen LogP) is 3.85. The molecule has 3 aromatic rings. The summed E-state index contributed by atoms with van der Waals surface area (Å²) in [6, 6.07) is 8.82. The van der Waals surface area contributed by atoms with Crippen molar-refractivity contribution >= 4 is 34.4 Å². The number of esters is 1. The molecule has 25 heavy (non-hydrogen) atoms. The van der Waals surface area contributed by atoms with Crippen molar-refractivity contribution in [1.29, 1.82) is 0 Å². The molecule has 0 aliphatic rings. The van der Waals surface area contributed by atoms with E-state index in [9.17, 15) is 9.59 Å². The topological polar surface area (TPSA) is 65.5 Å². The Labute approximate surface area is 152 Å². The van der Waals surface area contributed by atoms with E-state index in [1.807, 2.05) is 22.2 Å². The summed E-state index contributed by atoms with van der Waals surface area (Å²) < 4.78 is 10.2. The highest BCUT2D eigenvalue weighted by Gasteiger charge is 2.15. The van der Waals surface area contributed by atoms with E-state index in [4.69, 9.17) is 9.47 Å². The average Bonchev–Trinajstić information content (AvgIpc) is 3.31. The van der Waals surface area contributed by atoms with E-state index in [0.717, 1.165) is 10.6 Å². The van der Waals surface area contributed by atoms with Gasteiger partial charge in [-0.3, -0.25) is 9.59 Å². The van der Waals surface area contributed by atoms with Crippen molar-refractivity contribution < 1.29 is 19.1 Å². The largest absolute Gasteiger partial charge is 0.496 e. The van der Waals surface area contributed by atoms with E-state index in [2.05, 4.69) is 4.98 Å². The number of thiophene rings is 1. The third-order valence-corrected chi connectivity index (χ3v) is 5.04. The van der Waals surface area contributed by atoms with Gasteiger partial charge in [-0.1, -0.05) is 12.1 Å². The van der Waals surface area contributed by atoms with E-state index in [-0.39, 0.29) is 18.8 Å². The number of methoxy groups -OCH3 is 1. The van der Waals surface area contributed by atoms with Crippen LogP contribution in [0.3, 0.4) is 0 Å². The Kier molecular flexibility index (Phi) is 5.57. The smallest absolute Gasteiger partial charge is 0.312 e. The van der Waals surface area contributed by atoms with Crippen LogP contribution in [-0.4, -0.2) is 30.5 Å². The molecule has 128 valence electrons. The second-order valence-corrected chi connectivity index (χ2v) is 6.76. The molecule has 0 spiro atoms. The van der Waals surface area contributed by atoms with Crippen LogP contribution in [0, 0.1) is 0 Å². The Hall–Kier alpha value is -2.51. The van der Waals surface area contributed by atoms with E-state index in [1.54, 1.807) is 35.6 Å². The molecule has 0 fully saturated rings. The van der Waals surface area contributed by atoms with Gasteiger partial charge in [0.05, 0.1) is 24.8 Å². The van der Waals surface area contributed by atoms with Gasteiger partial charge in [-0.05, 0) is 23.6 Å². The Morgan fingerprint density at radius 1 is 1.16 bits per heavy atom. The normalized spacial score (nSPS) is 10.4. The fourth-order valence-electron chi connectivity index (χ4n) is 2.20. The summed E-state index contributed by atoms with van der Waals surface area (Å²) in [4.78, 5) is 28.6. The molecule has 0 aliphatic heterocycles. The van der Waals surface area contributed by atoms with Crippen LogP contribution in [0.5, 0.6) is 5.75 Å². The molecule has 7 heteroatoms. The highest BCUT2D eigenvalue weighted by molar-refractivity contribution is 7.14. The minimum atomic E-state index is -0.481. The number of thiazole rings is 1. The Bertz CT molecular complexity index is 871. The van der Waals surface area contributed by atoms with E-state index in [0.29, 0.717) is 17.0 Å². The summed E-state index contributed by atoms with van der Waals surface area (Å²) in [5, 5.41) is 6.69. The number of carbonyl (C=O) groups excluding carboxylic acids is 2. The molecular formula is C18H15NO4S2. The van der Waals surface area contributed by atoms with Crippen LogP contribution in [0.15, 0.2) is 46.5 Å². The number of Topliss-reactive ketones (excluding diaryl/α,β-unsaturated/α-hetero) is 1. The summed E-state index contributed by atoms with van der Waals surface area (Å²) >= 11 is 3.08. The summed E-state index contributed by atoms with van der Waals surface area (Å²) in [5.41, 5.74) is 2.08. The van der Waals surface area contributed by atoms with E-state index in [1.165, 1.54) is 18.4 Å². The molecule has 0 aliphatic carbocycles. The van der Waals surface area contributed by atoms with Gasteiger partial charge in [0.2, 0.25) is 5.78 Å². The second-order valence-electron chi connectivity index (χ2n) is 5.12. The van der Waals surface area contributed by atoms with Crippen molar-refractivity contribution in [3.63, 3.8) is 0 Å². The first-order chi connectivity index (χ1) is 12.2. The van der Waals surface area contributed by atoms with Crippen molar-refractivity contribution in [2.24, 2.45) is 0 Å². The number of hydrogen-bond donors (Lipinski definition) is 0. The van der Waals surface area contributed by atoms with Crippen LogP contribution >= 0.6 is 22.7 Å². The van der Waals surface area contributed by atoms with Crippen LogP contribution in [0.25, 0.3) is 10.6 Å². The van der Waals surface area contributed by atoms with Crippen LogP contribution in [-0.2, 0) is 16.0 Å². The number of para-hydroxylation sites is 1. The highest BCUT2D eigenvalue weighted by Crippen LogP contribution is 2.26. The Morgan fingerprint density at radius 2 is 2.00 bits per heavy atom. The van der Waals surface area contributed by atoms with Crippen LogP contribution in [0.2, 0.25) is 0 Å². The molecule has 0 amide bonds. The molecule has 0 saturated carbocycles. The molecule has 2 aromatic heterocycles. The summed E-state index contributed by atoms with van der Waals surface area (Å²) in [7, 11) is 1.49. The molecule has 5 nitrogen and oxygen atoms in total. The van der Waals surface area contributed by atoms with Crippen molar-refractivity contribution in [2.45, 2.75) is 6.42 Å². The highest BCUT2D eigenvalue weighted by atomic mass is 32.1. The number of benzene rings is 1. The SMILES string of the molecule is COc1ccccc1C(=O)COC(=O)Cc1csc(-c2ccsc2)n1. The molecule has 0 saturated heterocycles. The van der Waals surface area contributed by atoms with Crippen LogP contribution in [0.1, 0.15) is 16.1 Å². The lowest BCUT2D eigenvalue weighted by molar-refractivity contribution is -0.141. The number of nitrogens with zero attached hydrogens (tertiary/aromatic N) is 1. The molecule has 1 aromatic carbocycles. The van der Waals surface area contributed by atoms with Crippen molar-refractivity contribution in [3.05, 3.63) is 57.7 Å². The summed E-state index contributed by atoms with van der Waals surface area (Å²) in [6.07, 6.45) is 0.0415. The van der Waals surface area contributed by atoms with Gasteiger partial charge in [-0.15, -0.1) is 11.3 Å². The first kappa shape index (κ1) is 17.3. The zero-order valence-electron chi connectivity index (χ0n) is 13.4. The van der Waals surface area contributed by atoms with Gasteiger partial charge in [-0.2, -0.15) is 11.3 Å². The zero-order valence-corrected chi connectivity index (χ0v) is 15.1. The van der Waals surface area contributed by atoms with Crippen LogP contribution < -0.4 is 4.74 Å². The van der Waals surface area contributed by atoms with Crippen LogP contribution in [0.4, 0.5) is 0 Å². The average molecular weight is 373 g/mol. The summed E-state index contributed by atoms with van der Waals surface area (Å²) in [6.45, 7) is -0.319. The van der Waals surface area contributed by atoms with Gasteiger partial charge < -0.3 is 9.47 Å². The third-order valence-electron chi connectivity index (χ3n) is 3.42. The van der Waals surface area contributed by atoms with E-state index >= 15 is 0 Å². The monoisotopic (exact) mass is 373 g/mol. The molecule has 0 unspecified atom stereocenters. The molecule has 0 atom stereocenters. The second kappa shape index (κ2) is 8.04. The molecule has 0 radical (unpaired) electrons. The quantitative estimate of drug-likeness (QED) is 0.465. The first-order valence-electron chi connectivity index (χ1n) is 7.46. The van der Waals surface area contributed by atoms with Crippen molar-refractivity contribution in [2.75, 3.05) is 13.7 Å². The lowest BCUT2D eigenvalue weighted by atomic mass is 10.1. The molecule has 3 rings (SSSR count). The number of carbonyl (C=O) groups is 2. The third kappa shape index (κ3) is 4.32. The maximum Gasteiger partial charge on any atom is 0.312 e. The van der Waals surface area contributed by atoms with Gasteiger partial charge in [0.1, 0.15) is 10.8 Å². The maximum absolute atomic E-state index is 12.2. The van der Waals surface area contributed by atoms with Gasteiger partial charge in [-0.25, -0.2) is 4.98 Å². The number of hydrogen-bond acceptors (Lipinski definition) is 7. The lowest BCUT2D eigenvalue weighted by Gasteiger charge is -2.07. The lowest BCUT2D eigenvalue weighted by Crippen LogP contribution is -2.16. The Morgan fingerprint density at radius 3 is 2.76 bits per heavy atom. The van der Waals surface area contributed by atoms with E-state index < -0.39 is 5.97 Å². The zero-order chi connectivity index (χ0) is 17.6. The number of rotatable bonds is 7. The minimum Gasteiger partial charge on any atom is -0.496 e. The number of ether oxygens (including phenoxy) is 2. The first-order valence-corrected chi connectivity index (χ1v) is 9.28. The number of aromatic nitrogens is 1. The molecule has 2 heterocycles. The number of ketones is 1. The Balaban J connectivity index is 1.55. The van der Waals surface area contributed by atoms with Gasteiger partial charge in [0, 0.05) is 16.3 Å². The standard InChI is InChI=1S/C18H15NO4S2/c1-22-16-5-3-2-4-14(16)15(20)9-23-17(21)8-13-11-25-18(19-13)12-6-7-24-10-12/h2-7,10-11H,8-9H2,1H3. The molecule has 0 bridgehead atoms. The van der Waals surface area contributed by atoms with Gasteiger partial charge >= 0.3 is 5.97 Å². The molecule has 0 N–H and O–H groups in total. The minimum absolute atomic E-state index is 0.0415. The predicted molar refractivity (Wildman–Crippen MR) is 97.4 cm³/mol. The maximum atomic E-state index is 12.2. The van der Waals surface area contributed by atoms with Gasteiger partial charge in [0.25, 0.3) is 0 Å². The van der Waals surface area contributed by atoms with Crippen molar-refractivity contribution in [1.82, 2.24) is 4.98 Å². The van der Waals surface area contributed by atoms with Crippen molar-refractivity contribution in [3.8, 4) is 16.3 Å². The fraction of sp³-hybridized carbons (Fsp3) is 0.167.